The van der Waals surface area contributed by atoms with Gasteiger partial charge >= 0.3 is 5.97 Å². The summed E-state index contributed by atoms with van der Waals surface area (Å²) in [5.74, 6) is 0.628. The Morgan fingerprint density at radius 1 is 1.35 bits per heavy atom. The zero-order chi connectivity index (χ0) is 15.2. The molecule has 0 aromatic carbocycles. The van der Waals surface area contributed by atoms with Gasteiger partial charge in [-0.3, -0.25) is 4.79 Å². The Bertz CT molecular complexity index is 307. The van der Waals surface area contributed by atoms with Crippen LogP contribution in [0.3, 0.4) is 0 Å². The summed E-state index contributed by atoms with van der Waals surface area (Å²) in [5.41, 5.74) is 0.115. The molecule has 0 saturated heterocycles. The zero-order valence-electron chi connectivity index (χ0n) is 14.0. The largest absolute Gasteiger partial charge is 0.463 e. The topological polar surface area (TPSA) is 35.5 Å². The van der Waals surface area contributed by atoms with Crippen LogP contribution in [0.25, 0.3) is 0 Å². The minimum Gasteiger partial charge on any atom is -0.463 e. The Kier molecular flexibility index (Phi) is 6.50. The molecule has 0 aromatic rings. The molecule has 0 radical (unpaired) electrons. The van der Waals surface area contributed by atoms with Gasteiger partial charge < -0.3 is 9.47 Å². The van der Waals surface area contributed by atoms with Gasteiger partial charge in [0.25, 0.3) is 0 Å². The van der Waals surface area contributed by atoms with E-state index in [0.29, 0.717) is 18.4 Å². The van der Waals surface area contributed by atoms with Gasteiger partial charge in [0.2, 0.25) is 0 Å². The fraction of sp³-hybridized carbons (Fsp3) is 0.941. The third-order valence-electron chi connectivity index (χ3n) is 4.20. The number of esters is 1. The normalized spacial score (nSPS) is 22.6. The van der Waals surface area contributed by atoms with E-state index in [0.717, 1.165) is 18.9 Å². The highest BCUT2D eigenvalue weighted by Crippen LogP contribution is 2.39. The summed E-state index contributed by atoms with van der Waals surface area (Å²) in [6.07, 6.45) is 6.87. The van der Waals surface area contributed by atoms with E-state index in [1.165, 1.54) is 25.7 Å². The molecule has 0 aliphatic heterocycles. The van der Waals surface area contributed by atoms with E-state index in [1.54, 1.807) is 6.92 Å². The average molecular weight is 284 g/mol. The number of rotatable bonds is 7. The molecule has 1 aliphatic carbocycles. The lowest BCUT2D eigenvalue weighted by molar-refractivity contribution is -0.153. The van der Waals surface area contributed by atoms with E-state index >= 15 is 0 Å². The van der Waals surface area contributed by atoms with Crippen molar-refractivity contribution in [1.82, 2.24) is 0 Å². The Hall–Kier alpha value is -0.570. The number of ether oxygens (including phenoxy) is 2. The minimum absolute atomic E-state index is 0.157. The van der Waals surface area contributed by atoms with Crippen LogP contribution >= 0.6 is 0 Å². The molecule has 0 heterocycles. The van der Waals surface area contributed by atoms with Crippen molar-refractivity contribution in [3.63, 3.8) is 0 Å². The highest BCUT2D eigenvalue weighted by atomic mass is 16.6. The Labute approximate surface area is 124 Å². The van der Waals surface area contributed by atoms with Crippen LogP contribution in [0, 0.1) is 11.3 Å². The van der Waals surface area contributed by atoms with Crippen molar-refractivity contribution in [2.75, 3.05) is 13.2 Å². The maximum atomic E-state index is 11.2. The molecule has 0 N–H and O–H groups in total. The Morgan fingerprint density at radius 2 is 2.05 bits per heavy atom. The van der Waals surface area contributed by atoms with Crippen LogP contribution in [0.5, 0.6) is 0 Å². The third kappa shape index (κ3) is 6.74. The summed E-state index contributed by atoms with van der Waals surface area (Å²) < 4.78 is 11.1. The molecule has 1 aliphatic rings. The van der Waals surface area contributed by atoms with Crippen LogP contribution in [-0.4, -0.2) is 24.8 Å². The van der Waals surface area contributed by atoms with Gasteiger partial charge in [-0.15, -0.1) is 0 Å². The monoisotopic (exact) mass is 284 g/mol. The predicted molar refractivity (Wildman–Crippen MR) is 81.6 cm³/mol. The summed E-state index contributed by atoms with van der Waals surface area (Å²) in [6.45, 7) is 11.6. The highest BCUT2D eigenvalue weighted by molar-refractivity contribution is 5.68. The number of hydrogen-bond acceptors (Lipinski definition) is 3. The van der Waals surface area contributed by atoms with Crippen molar-refractivity contribution >= 4 is 5.97 Å². The second-order valence-corrected chi connectivity index (χ2v) is 7.54. The molecule has 20 heavy (non-hydrogen) atoms. The van der Waals surface area contributed by atoms with Gasteiger partial charge in [0.15, 0.2) is 0 Å². The molecule has 118 valence electrons. The van der Waals surface area contributed by atoms with Crippen LogP contribution in [0.1, 0.15) is 73.1 Å². The standard InChI is InChI=1S/C17H32O3/c1-6-15(18)19-13-17(4,5)20-11-9-14-8-7-10-16(2,3)12-14/h14H,6-13H2,1-5H3. The Morgan fingerprint density at radius 3 is 2.65 bits per heavy atom. The van der Waals surface area contributed by atoms with Crippen LogP contribution in [0.2, 0.25) is 0 Å². The molecule has 0 bridgehead atoms. The lowest BCUT2D eigenvalue weighted by Gasteiger charge is -2.35. The Balaban J connectivity index is 2.23. The first kappa shape index (κ1) is 17.5. The molecule has 1 unspecified atom stereocenters. The van der Waals surface area contributed by atoms with Crippen LogP contribution in [-0.2, 0) is 14.3 Å². The van der Waals surface area contributed by atoms with Crippen molar-refractivity contribution in [3.05, 3.63) is 0 Å². The van der Waals surface area contributed by atoms with Crippen LogP contribution < -0.4 is 0 Å². The van der Waals surface area contributed by atoms with E-state index in [-0.39, 0.29) is 11.6 Å². The summed E-state index contributed by atoms with van der Waals surface area (Å²) in [7, 11) is 0. The van der Waals surface area contributed by atoms with Crippen molar-refractivity contribution in [2.24, 2.45) is 11.3 Å². The highest BCUT2D eigenvalue weighted by Gasteiger charge is 2.28. The van der Waals surface area contributed by atoms with Crippen molar-refractivity contribution in [1.29, 1.82) is 0 Å². The fourth-order valence-corrected chi connectivity index (χ4v) is 3.00. The second kappa shape index (κ2) is 7.44. The van der Waals surface area contributed by atoms with Gasteiger partial charge in [-0.2, -0.15) is 0 Å². The first-order valence-corrected chi connectivity index (χ1v) is 8.04. The van der Waals surface area contributed by atoms with Gasteiger partial charge in [0.1, 0.15) is 6.61 Å². The van der Waals surface area contributed by atoms with Crippen LogP contribution in [0.4, 0.5) is 0 Å². The maximum Gasteiger partial charge on any atom is 0.305 e. The lowest BCUT2D eigenvalue weighted by Crippen LogP contribution is -2.33. The van der Waals surface area contributed by atoms with E-state index in [1.807, 2.05) is 13.8 Å². The quantitative estimate of drug-likeness (QED) is 0.652. The predicted octanol–water partition coefficient (Wildman–Crippen LogP) is 4.34. The molecule has 0 amide bonds. The van der Waals surface area contributed by atoms with Gasteiger partial charge in [-0.25, -0.2) is 0 Å². The number of hydrogen-bond donors (Lipinski definition) is 0. The van der Waals surface area contributed by atoms with Crippen molar-refractivity contribution in [3.8, 4) is 0 Å². The van der Waals surface area contributed by atoms with Gasteiger partial charge in [0, 0.05) is 13.0 Å². The molecule has 0 spiro atoms. The molecular formula is C17H32O3. The third-order valence-corrected chi connectivity index (χ3v) is 4.20. The first-order valence-electron chi connectivity index (χ1n) is 8.04. The molecule has 3 nitrogen and oxygen atoms in total. The number of carbonyl (C=O) groups excluding carboxylic acids is 1. The van der Waals surface area contributed by atoms with Crippen molar-refractivity contribution in [2.45, 2.75) is 78.7 Å². The SMILES string of the molecule is CCC(=O)OCC(C)(C)OCCC1CCCC(C)(C)C1. The van der Waals surface area contributed by atoms with E-state index in [4.69, 9.17) is 9.47 Å². The van der Waals surface area contributed by atoms with Crippen LogP contribution in [0.15, 0.2) is 0 Å². The second-order valence-electron chi connectivity index (χ2n) is 7.54. The summed E-state index contributed by atoms with van der Waals surface area (Å²) >= 11 is 0. The minimum atomic E-state index is -0.380. The maximum absolute atomic E-state index is 11.2. The number of carbonyl (C=O) groups is 1. The molecule has 3 heteroatoms. The fourth-order valence-electron chi connectivity index (χ4n) is 3.00. The summed E-state index contributed by atoms with van der Waals surface area (Å²) in [6, 6.07) is 0. The molecule has 1 rings (SSSR count). The molecular weight excluding hydrogens is 252 g/mol. The van der Waals surface area contributed by atoms with Gasteiger partial charge in [0.05, 0.1) is 5.60 Å². The molecule has 1 atom stereocenters. The smallest absolute Gasteiger partial charge is 0.305 e. The zero-order valence-corrected chi connectivity index (χ0v) is 14.0. The first-order chi connectivity index (χ1) is 9.24. The summed E-state index contributed by atoms with van der Waals surface area (Å²) in [4.78, 5) is 11.2. The van der Waals surface area contributed by atoms with E-state index in [9.17, 15) is 4.79 Å². The van der Waals surface area contributed by atoms with E-state index < -0.39 is 0 Å². The van der Waals surface area contributed by atoms with Crippen molar-refractivity contribution < 1.29 is 14.3 Å². The molecule has 0 aromatic heterocycles. The lowest BCUT2D eigenvalue weighted by atomic mass is 9.71. The van der Waals surface area contributed by atoms with Gasteiger partial charge in [-0.1, -0.05) is 33.6 Å². The average Bonchev–Trinajstić information content (AvgIpc) is 2.34. The van der Waals surface area contributed by atoms with Gasteiger partial charge in [-0.05, 0) is 44.4 Å². The summed E-state index contributed by atoms with van der Waals surface area (Å²) in [5, 5.41) is 0. The molecule has 1 fully saturated rings. The van der Waals surface area contributed by atoms with E-state index in [2.05, 4.69) is 13.8 Å². The molecule has 1 saturated carbocycles.